The van der Waals surface area contributed by atoms with Gasteiger partial charge in [0.05, 0.1) is 5.69 Å². The van der Waals surface area contributed by atoms with E-state index in [-0.39, 0.29) is 0 Å². The molecule has 1 aromatic heterocycles. The summed E-state index contributed by atoms with van der Waals surface area (Å²) in [7, 11) is 0. The Morgan fingerprint density at radius 3 is 2.89 bits per heavy atom. The molecule has 1 aromatic rings. The third-order valence-electron chi connectivity index (χ3n) is 4.57. The van der Waals surface area contributed by atoms with Gasteiger partial charge in [0.25, 0.3) is 0 Å². The summed E-state index contributed by atoms with van der Waals surface area (Å²) in [6.07, 6.45) is 9.85. The van der Waals surface area contributed by atoms with Crippen LogP contribution in [-0.2, 0) is 0 Å². The zero-order valence-corrected chi connectivity index (χ0v) is 12.0. The van der Waals surface area contributed by atoms with Gasteiger partial charge in [-0.25, -0.2) is 0 Å². The van der Waals surface area contributed by atoms with Gasteiger partial charge in [0.1, 0.15) is 10.7 Å². The number of nitrogens with two attached hydrogens (primary N) is 1. The number of rotatable bonds is 2. The summed E-state index contributed by atoms with van der Waals surface area (Å²) < 4.78 is 0. The van der Waals surface area contributed by atoms with Crippen LogP contribution in [0, 0.1) is 5.92 Å². The van der Waals surface area contributed by atoms with Crippen molar-refractivity contribution in [1.29, 1.82) is 0 Å². The van der Waals surface area contributed by atoms with Gasteiger partial charge in [-0.15, -0.1) is 0 Å². The van der Waals surface area contributed by atoms with Crippen molar-refractivity contribution in [2.24, 2.45) is 11.7 Å². The first-order valence-corrected chi connectivity index (χ1v) is 7.69. The SMILES string of the molecule is NC(=S)c1ncccc1N1CCCC2CCCCC21. The zero-order valence-electron chi connectivity index (χ0n) is 11.2. The lowest BCUT2D eigenvalue weighted by molar-refractivity contribution is 0.243. The molecule has 2 fully saturated rings. The molecule has 1 aliphatic carbocycles. The first-order valence-electron chi connectivity index (χ1n) is 7.29. The lowest BCUT2D eigenvalue weighted by Gasteiger charge is -2.45. The standard InChI is InChI=1S/C15H21N3S/c16-15(19)14-13(8-3-9-17-14)18-10-4-6-11-5-1-2-7-12(11)18/h3,8-9,11-12H,1-2,4-7,10H2,(H2,16,19). The van der Waals surface area contributed by atoms with Crippen LogP contribution in [0.25, 0.3) is 0 Å². The van der Waals surface area contributed by atoms with Crippen molar-refractivity contribution in [3.63, 3.8) is 0 Å². The number of thiocarbonyl (C=S) groups is 1. The van der Waals surface area contributed by atoms with Crippen LogP contribution in [0.3, 0.4) is 0 Å². The summed E-state index contributed by atoms with van der Waals surface area (Å²) in [6.45, 7) is 1.11. The zero-order chi connectivity index (χ0) is 13.2. The van der Waals surface area contributed by atoms with Crippen LogP contribution in [0.2, 0.25) is 0 Å². The van der Waals surface area contributed by atoms with Crippen molar-refractivity contribution in [2.75, 3.05) is 11.4 Å². The lowest BCUT2D eigenvalue weighted by Crippen LogP contribution is -2.47. The van der Waals surface area contributed by atoms with Crippen LogP contribution in [0.4, 0.5) is 5.69 Å². The van der Waals surface area contributed by atoms with Crippen molar-refractivity contribution in [2.45, 2.75) is 44.6 Å². The van der Waals surface area contributed by atoms with Gasteiger partial charge in [-0.3, -0.25) is 4.98 Å². The van der Waals surface area contributed by atoms with E-state index in [1.54, 1.807) is 6.20 Å². The highest BCUT2D eigenvalue weighted by molar-refractivity contribution is 7.80. The largest absolute Gasteiger partial charge is 0.388 e. The van der Waals surface area contributed by atoms with Crippen LogP contribution in [-0.4, -0.2) is 22.6 Å². The summed E-state index contributed by atoms with van der Waals surface area (Å²) >= 11 is 5.15. The predicted molar refractivity (Wildman–Crippen MR) is 82.5 cm³/mol. The van der Waals surface area contributed by atoms with E-state index in [2.05, 4.69) is 16.0 Å². The van der Waals surface area contributed by atoms with E-state index in [4.69, 9.17) is 18.0 Å². The van der Waals surface area contributed by atoms with Gasteiger partial charge in [0.2, 0.25) is 0 Å². The van der Waals surface area contributed by atoms with Crippen LogP contribution in [0.1, 0.15) is 44.2 Å². The van der Waals surface area contributed by atoms with E-state index in [0.29, 0.717) is 11.0 Å². The first-order chi connectivity index (χ1) is 9.27. The molecule has 4 heteroatoms. The Kier molecular flexibility index (Phi) is 3.69. The Labute approximate surface area is 120 Å². The Balaban J connectivity index is 1.94. The number of pyridine rings is 1. The number of aromatic nitrogens is 1. The summed E-state index contributed by atoms with van der Waals surface area (Å²) in [4.78, 5) is 7.32. The molecule has 0 spiro atoms. The second-order valence-corrected chi connectivity index (χ2v) is 6.12. The normalized spacial score (nSPS) is 26.8. The number of nitrogens with zero attached hydrogens (tertiary/aromatic N) is 2. The Morgan fingerprint density at radius 2 is 2.05 bits per heavy atom. The fourth-order valence-electron chi connectivity index (χ4n) is 3.74. The molecule has 2 heterocycles. The Morgan fingerprint density at radius 1 is 1.26 bits per heavy atom. The third-order valence-corrected chi connectivity index (χ3v) is 4.77. The van der Waals surface area contributed by atoms with Crippen molar-refractivity contribution >= 4 is 22.9 Å². The molecule has 0 amide bonds. The Bertz CT molecular complexity index is 472. The molecule has 0 aromatic carbocycles. The van der Waals surface area contributed by atoms with Gasteiger partial charge < -0.3 is 10.6 Å². The quantitative estimate of drug-likeness (QED) is 0.843. The van der Waals surface area contributed by atoms with E-state index >= 15 is 0 Å². The molecule has 3 rings (SSSR count). The maximum atomic E-state index is 5.83. The molecule has 1 saturated carbocycles. The van der Waals surface area contributed by atoms with Gasteiger partial charge in [-0.2, -0.15) is 0 Å². The summed E-state index contributed by atoms with van der Waals surface area (Å²) in [5, 5.41) is 0. The summed E-state index contributed by atoms with van der Waals surface area (Å²) in [5.41, 5.74) is 7.77. The van der Waals surface area contributed by atoms with Gasteiger partial charge in [0, 0.05) is 18.8 Å². The maximum absolute atomic E-state index is 5.83. The van der Waals surface area contributed by atoms with E-state index in [1.165, 1.54) is 38.5 Å². The van der Waals surface area contributed by atoms with Crippen molar-refractivity contribution < 1.29 is 0 Å². The molecule has 0 bridgehead atoms. The van der Waals surface area contributed by atoms with Gasteiger partial charge in [-0.1, -0.05) is 25.1 Å². The van der Waals surface area contributed by atoms with E-state index in [9.17, 15) is 0 Å². The Hall–Kier alpha value is -1.16. The first kappa shape index (κ1) is 12.9. The minimum atomic E-state index is 0.411. The molecule has 2 N–H and O–H groups in total. The highest BCUT2D eigenvalue weighted by atomic mass is 32.1. The molecule has 2 aliphatic rings. The molecule has 1 saturated heterocycles. The van der Waals surface area contributed by atoms with E-state index in [0.717, 1.165) is 23.8 Å². The minimum absolute atomic E-state index is 0.411. The molecule has 2 atom stereocenters. The molecule has 102 valence electrons. The van der Waals surface area contributed by atoms with Crippen LogP contribution in [0.5, 0.6) is 0 Å². The number of fused-ring (bicyclic) bond motifs is 1. The molecule has 19 heavy (non-hydrogen) atoms. The maximum Gasteiger partial charge on any atom is 0.124 e. The smallest absolute Gasteiger partial charge is 0.124 e. The van der Waals surface area contributed by atoms with E-state index in [1.807, 2.05) is 6.07 Å². The third kappa shape index (κ3) is 2.46. The van der Waals surface area contributed by atoms with E-state index < -0.39 is 0 Å². The average Bonchev–Trinajstić information content (AvgIpc) is 2.46. The van der Waals surface area contributed by atoms with Crippen molar-refractivity contribution in [3.8, 4) is 0 Å². The summed E-state index contributed by atoms with van der Waals surface area (Å²) in [5.74, 6) is 0.849. The summed E-state index contributed by atoms with van der Waals surface area (Å²) in [6, 6.07) is 4.78. The number of hydrogen-bond donors (Lipinski definition) is 1. The molecule has 1 aliphatic heterocycles. The van der Waals surface area contributed by atoms with Gasteiger partial charge in [0.15, 0.2) is 0 Å². The molecule has 3 nitrogen and oxygen atoms in total. The van der Waals surface area contributed by atoms with Crippen molar-refractivity contribution in [3.05, 3.63) is 24.0 Å². The monoisotopic (exact) mass is 275 g/mol. The minimum Gasteiger partial charge on any atom is -0.388 e. The van der Waals surface area contributed by atoms with Gasteiger partial charge in [-0.05, 0) is 43.7 Å². The predicted octanol–water partition coefficient (Wildman–Crippen LogP) is 2.87. The van der Waals surface area contributed by atoms with Crippen LogP contribution < -0.4 is 10.6 Å². The molecule has 0 radical (unpaired) electrons. The fraction of sp³-hybridized carbons (Fsp3) is 0.600. The number of hydrogen-bond acceptors (Lipinski definition) is 3. The second-order valence-electron chi connectivity index (χ2n) is 5.68. The topological polar surface area (TPSA) is 42.1 Å². The molecular weight excluding hydrogens is 254 g/mol. The fourth-order valence-corrected chi connectivity index (χ4v) is 3.90. The number of piperidine rings is 1. The lowest BCUT2D eigenvalue weighted by atomic mass is 9.78. The average molecular weight is 275 g/mol. The highest BCUT2D eigenvalue weighted by Gasteiger charge is 2.34. The number of anilines is 1. The van der Waals surface area contributed by atoms with Crippen LogP contribution in [0.15, 0.2) is 18.3 Å². The second kappa shape index (κ2) is 5.45. The molecule has 2 unspecified atom stereocenters. The highest BCUT2D eigenvalue weighted by Crippen LogP contribution is 2.38. The van der Waals surface area contributed by atoms with Crippen molar-refractivity contribution in [1.82, 2.24) is 4.98 Å². The molecular formula is C15H21N3S. The van der Waals surface area contributed by atoms with Crippen LogP contribution >= 0.6 is 12.2 Å². The van der Waals surface area contributed by atoms with Gasteiger partial charge >= 0.3 is 0 Å².